The van der Waals surface area contributed by atoms with Crippen LogP contribution in [0.25, 0.3) is 10.9 Å². The minimum absolute atomic E-state index is 0.00315. The van der Waals surface area contributed by atoms with Gasteiger partial charge in [0.2, 0.25) is 5.91 Å². The molecule has 1 aromatic heterocycles. The number of amides is 1. The Morgan fingerprint density at radius 3 is 2.60 bits per heavy atom. The van der Waals surface area contributed by atoms with Gasteiger partial charge in [-0.25, -0.2) is 0 Å². The third-order valence-corrected chi connectivity index (χ3v) is 4.15. The van der Waals surface area contributed by atoms with Crippen LogP contribution in [0.1, 0.15) is 37.9 Å². The van der Waals surface area contributed by atoms with Gasteiger partial charge in [-0.1, -0.05) is 36.4 Å². The number of hydrogen-bond acceptors (Lipinski definition) is 2. The number of hydrogen-bond donors (Lipinski definition) is 2. The quantitative estimate of drug-likeness (QED) is 0.702. The normalized spacial score (nSPS) is 12.3. The molecule has 25 heavy (non-hydrogen) atoms. The third-order valence-electron chi connectivity index (χ3n) is 4.15. The van der Waals surface area contributed by atoms with Gasteiger partial charge in [0.1, 0.15) is 5.75 Å². The number of carbonyl (C=O) groups is 1. The number of nitrogens with one attached hydrogen (secondary N) is 2. The van der Waals surface area contributed by atoms with Gasteiger partial charge in [-0.3, -0.25) is 4.79 Å². The van der Waals surface area contributed by atoms with Gasteiger partial charge >= 0.3 is 0 Å². The molecule has 3 rings (SSSR count). The highest BCUT2D eigenvalue weighted by Crippen LogP contribution is 2.26. The number of rotatable bonds is 6. The third kappa shape index (κ3) is 4.02. The van der Waals surface area contributed by atoms with Crippen molar-refractivity contribution in [2.45, 2.75) is 39.3 Å². The number of para-hydroxylation sites is 2. The van der Waals surface area contributed by atoms with Crippen LogP contribution in [0.15, 0.2) is 54.7 Å². The molecule has 0 aliphatic heterocycles. The Bertz CT molecular complexity index is 867. The van der Waals surface area contributed by atoms with Gasteiger partial charge in [0.15, 0.2) is 0 Å². The maximum absolute atomic E-state index is 12.5. The highest BCUT2D eigenvalue weighted by atomic mass is 16.5. The number of fused-ring (bicyclic) bond motifs is 1. The topological polar surface area (TPSA) is 54.1 Å². The predicted molar refractivity (Wildman–Crippen MR) is 101 cm³/mol. The second-order valence-corrected chi connectivity index (χ2v) is 6.53. The first-order chi connectivity index (χ1) is 12.0. The van der Waals surface area contributed by atoms with Crippen molar-refractivity contribution in [2.24, 2.45) is 0 Å². The predicted octanol–water partition coefficient (Wildman–Crippen LogP) is 4.38. The number of carbonyl (C=O) groups excluding carboxylic acids is 1. The average Bonchev–Trinajstić information content (AvgIpc) is 2.98. The van der Waals surface area contributed by atoms with Crippen LogP contribution in [0.4, 0.5) is 0 Å². The molecular weight excluding hydrogens is 312 g/mol. The lowest BCUT2D eigenvalue weighted by Crippen LogP contribution is -2.28. The molecule has 4 heteroatoms. The van der Waals surface area contributed by atoms with E-state index in [9.17, 15) is 4.79 Å². The summed E-state index contributed by atoms with van der Waals surface area (Å²) in [7, 11) is 0. The molecule has 0 saturated heterocycles. The van der Waals surface area contributed by atoms with Crippen LogP contribution in [0.5, 0.6) is 5.75 Å². The Kier molecular flexibility index (Phi) is 5.08. The fourth-order valence-electron chi connectivity index (χ4n) is 3.02. The fraction of sp³-hybridized carbons (Fsp3) is 0.286. The van der Waals surface area contributed by atoms with E-state index in [0.29, 0.717) is 6.42 Å². The molecule has 1 heterocycles. The van der Waals surface area contributed by atoms with Crippen LogP contribution in [-0.4, -0.2) is 17.0 Å². The summed E-state index contributed by atoms with van der Waals surface area (Å²) in [6.45, 7) is 5.98. The smallest absolute Gasteiger partial charge is 0.224 e. The molecular formula is C21H24N2O2. The van der Waals surface area contributed by atoms with Crippen molar-refractivity contribution in [3.05, 3.63) is 65.9 Å². The second kappa shape index (κ2) is 7.43. The Labute approximate surface area is 148 Å². The number of H-pyrrole nitrogens is 1. The number of aromatic nitrogens is 1. The summed E-state index contributed by atoms with van der Waals surface area (Å²) in [5.41, 5.74) is 3.05. The summed E-state index contributed by atoms with van der Waals surface area (Å²) >= 11 is 0. The molecule has 0 spiro atoms. The largest absolute Gasteiger partial charge is 0.491 e. The van der Waals surface area contributed by atoms with Gasteiger partial charge < -0.3 is 15.0 Å². The first-order valence-electron chi connectivity index (χ1n) is 8.64. The van der Waals surface area contributed by atoms with E-state index in [0.717, 1.165) is 27.8 Å². The molecule has 0 aliphatic carbocycles. The van der Waals surface area contributed by atoms with E-state index < -0.39 is 0 Å². The molecule has 4 nitrogen and oxygen atoms in total. The molecule has 0 fully saturated rings. The Morgan fingerprint density at radius 2 is 1.80 bits per heavy atom. The van der Waals surface area contributed by atoms with Crippen molar-refractivity contribution in [1.82, 2.24) is 10.3 Å². The SMILES string of the molecule is CC(C)Oc1ccccc1[C@H](C)NC(=O)Cc1c[nH]c2ccccc12. The van der Waals surface area contributed by atoms with E-state index in [1.807, 2.05) is 75.5 Å². The first-order valence-corrected chi connectivity index (χ1v) is 8.64. The average molecular weight is 336 g/mol. The molecule has 0 unspecified atom stereocenters. The summed E-state index contributed by atoms with van der Waals surface area (Å²) in [5.74, 6) is 0.814. The van der Waals surface area contributed by atoms with E-state index in [4.69, 9.17) is 4.74 Å². The lowest BCUT2D eigenvalue weighted by atomic mass is 10.1. The zero-order valence-electron chi connectivity index (χ0n) is 14.9. The van der Waals surface area contributed by atoms with E-state index >= 15 is 0 Å². The molecule has 1 amide bonds. The molecule has 1 atom stereocenters. The summed E-state index contributed by atoms with van der Waals surface area (Å²) in [6, 6.07) is 15.7. The van der Waals surface area contributed by atoms with Crippen molar-refractivity contribution in [3.8, 4) is 5.75 Å². The summed E-state index contributed by atoms with van der Waals surface area (Å²) in [5, 5.41) is 4.17. The van der Waals surface area contributed by atoms with Crippen molar-refractivity contribution in [1.29, 1.82) is 0 Å². The van der Waals surface area contributed by atoms with Crippen molar-refractivity contribution < 1.29 is 9.53 Å². The Hall–Kier alpha value is -2.75. The molecule has 3 aromatic rings. The standard InChI is InChI=1S/C21H24N2O2/c1-14(2)25-20-11-7-5-8-17(20)15(3)23-21(24)12-16-13-22-19-10-6-4-9-18(16)19/h4-11,13-15,22H,12H2,1-3H3,(H,23,24)/t15-/m0/s1. The molecule has 2 N–H and O–H groups in total. The van der Waals surface area contributed by atoms with E-state index in [-0.39, 0.29) is 18.1 Å². The van der Waals surface area contributed by atoms with Gasteiger partial charge in [-0.2, -0.15) is 0 Å². The monoisotopic (exact) mass is 336 g/mol. The lowest BCUT2D eigenvalue weighted by Gasteiger charge is -2.19. The Morgan fingerprint density at radius 1 is 1.08 bits per heavy atom. The van der Waals surface area contributed by atoms with Crippen LogP contribution < -0.4 is 10.1 Å². The van der Waals surface area contributed by atoms with Crippen LogP contribution >= 0.6 is 0 Å². The molecule has 0 radical (unpaired) electrons. The van der Waals surface area contributed by atoms with Gasteiger partial charge in [-0.15, -0.1) is 0 Å². The zero-order valence-corrected chi connectivity index (χ0v) is 14.9. The second-order valence-electron chi connectivity index (χ2n) is 6.53. The van der Waals surface area contributed by atoms with Crippen molar-refractivity contribution in [3.63, 3.8) is 0 Å². The highest BCUT2D eigenvalue weighted by molar-refractivity contribution is 5.89. The fourth-order valence-corrected chi connectivity index (χ4v) is 3.02. The number of benzene rings is 2. The first kappa shape index (κ1) is 17.1. The van der Waals surface area contributed by atoms with Gasteiger partial charge in [0.05, 0.1) is 18.6 Å². The van der Waals surface area contributed by atoms with Crippen LogP contribution in [0, 0.1) is 0 Å². The number of aromatic amines is 1. The highest BCUT2D eigenvalue weighted by Gasteiger charge is 2.16. The van der Waals surface area contributed by atoms with Gasteiger partial charge in [0, 0.05) is 22.7 Å². The van der Waals surface area contributed by atoms with Crippen LogP contribution in [0.2, 0.25) is 0 Å². The van der Waals surface area contributed by atoms with E-state index in [2.05, 4.69) is 10.3 Å². The lowest BCUT2D eigenvalue weighted by molar-refractivity contribution is -0.121. The minimum Gasteiger partial charge on any atom is -0.491 e. The zero-order chi connectivity index (χ0) is 17.8. The minimum atomic E-state index is -0.118. The molecule has 0 aliphatic rings. The van der Waals surface area contributed by atoms with E-state index in [1.54, 1.807) is 0 Å². The summed E-state index contributed by atoms with van der Waals surface area (Å²) in [4.78, 5) is 15.7. The molecule has 0 saturated carbocycles. The van der Waals surface area contributed by atoms with Gasteiger partial charge in [-0.05, 0) is 38.5 Å². The van der Waals surface area contributed by atoms with Gasteiger partial charge in [0.25, 0.3) is 0 Å². The van der Waals surface area contributed by atoms with Crippen molar-refractivity contribution >= 4 is 16.8 Å². The summed E-state index contributed by atoms with van der Waals surface area (Å²) < 4.78 is 5.86. The summed E-state index contributed by atoms with van der Waals surface area (Å²) in [6.07, 6.45) is 2.35. The van der Waals surface area contributed by atoms with Crippen molar-refractivity contribution in [2.75, 3.05) is 0 Å². The Balaban J connectivity index is 1.71. The van der Waals surface area contributed by atoms with Crippen LogP contribution in [-0.2, 0) is 11.2 Å². The molecule has 0 bridgehead atoms. The van der Waals surface area contributed by atoms with E-state index in [1.165, 1.54) is 0 Å². The maximum Gasteiger partial charge on any atom is 0.224 e. The molecule has 130 valence electrons. The number of ether oxygens (including phenoxy) is 1. The maximum atomic E-state index is 12.5. The van der Waals surface area contributed by atoms with Crippen LogP contribution in [0.3, 0.4) is 0 Å². The molecule has 2 aromatic carbocycles.